The summed E-state index contributed by atoms with van der Waals surface area (Å²) in [7, 11) is 0. The molecule has 0 amide bonds. The van der Waals surface area contributed by atoms with Gasteiger partial charge in [-0.2, -0.15) is 0 Å². The molecule has 0 fully saturated rings. The molecule has 0 aliphatic heterocycles. The minimum atomic E-state index is -0.394. The third-order valence-corrected chi connectivity index (χ3v) is 7.56. The molecule has 0 saturated carbocycles. The van der Waals surface area contributed by atoms with Crippen LogP contribution in [0.4, 0.5) is 11.4 Å². The zero-order chi connectivity index (χ0) is 31.9. The summed E-state index contributed by atoms with van der Waals surface area (Å²) < 4.78 is 11.2. The molecule has 0 spiro atoms. The minimum Gasteiger partial charge on any atom is -0.494 e. The first-order chi connectivity index (χ1) is 21.9. The van der Waals surface area contributed by atoms with Crippen molar-refractivity contribution in [1.29, 1.82) is 0 Å². The number of unbranched alkanes of at least 4 members (excludes halogenated alkanes) is 5. The fourth-order valence-electron chi connectivity index (χ4n) is 5.07. The van der Waals surface area contributed by atoms with Gasteiger partial charge in [-0.25, -0.2) is 4.79 Å². The molecule has 0 radical (unpaired) electrons. The molecule has 0 atom stereocenters. The van der Waals surface area contributed by atoms with Crippen LogP contribution in [0.2, 0.25) is 0 Å². The Hall–Kier alpha value is -4.84. The third-order valence-electron chi connectivity index (χ3n) is 7.56. The van der Waals surface area contributed by atoms with Gasteiger partial charge in [0, 0.05) is 16.9 Å². The Kier molecular flexibility index (Phi) is 12.8. The second-order valence-corrected chi connectivity index (χ2v) is 11.3. The molecule has 4 aromatic carbocycles. The molecule has 0 unspecified atom stereocenters. The normalized spacial score (nSPS) is 11.0. The van der Waals surface area contributed by atoms with Gasteiger partial charge in [-0.15, -0.1) is 0 Å². The second-order valence-electron chi connectivity index (χ2n) is 11.3. The average Bonchev–Trinajstić information content (AvgIpc) is 3.05. The monoisotopic (exact) mass is 604 g/mol. The van der Waals surface area contributed by atoms with Crippen LogP contribution < -0.4 is 16.2 Å². The van der Waals surface area contributed by atoms with E-state index in [1.165, 1.54) is 5.56 Å². The van der Waals surface area contributed by atoms with E-state index in [9.17, 15) is 9.59 Å². The number of ketones is 1. The molecule has 234 valence electrons. The van der Waals surface area contributed by atoms with Crippen LogP contribution in [0.5, 0.6) is 5.75 Å². The minimum absolute atomic E-state index is 0.0235. The summed E-state index contributed by atoms with van der Waals surface area (Å²) >= 11 is 0. The predicted molar refractivity (Wildman–Crippen MR) is 184 cm³/mol. The highest BCUT2D eigenvalue weighted by atomic mass is 16.5. The average molecular weight is 605 g/mol. The van der Waals surface area contributed by atoms with Gasteiger partial charge in [0.05, 0.1) is 18.8 Å². The van der Waals surface area contributed by atoms with Crippen molar-refractivity contribution in [3.8, 4) is 16.9 Å². The fraction of sp³-hybridized carbons (Fsp3) is 0.282. The van der Waals surface area contributed by atoms with Crippen molar-refractivity contribution in [1.82, 2.24) is 0 Å². The predicted octanol–water partition coefficient (Wildman–Crippen LogP) is 8.94. The maximum Gasteiger partial charge on any atom is 0.338 e. The van der Waals surface area contributed by atoms with E-state index in [1.807, 2.05) is 54.6 Å². The molecule has 4 N–H and O–H groups in total. The molecule has 4 rings (SSSR count). The number of carbonyl (C=O) groups is 2. The maximum atomic E-state index is 12.7. The standard InChI is InChI=1S/C39H44N2O4/c1-2-9-29-10-15-31(16-11-29)32-17-19-33(20-18-32)38(42)23-14-30-12-21-37(22-13-30)44-24-7-5-3-4-6-8-25-45-39(43)34-26-35(40)28-36(41)27-34/h10-23,26-28H,2-9,24-25,40-41H2,1H3/b23-14+. The highest BCUT2D eigenvalue weighted by Gasteiger charge is 2.09. The number of hydrogen-bond donors (Lipinski definition) is 2. The molecule has 0 saturated heterocycles. The molecule has 0 aromatic heterocycles. The summed E-state index contributed by atoms with van der Waals surface area (Å²) in [6.45, 7) is 3.23. The van der Waals surface area contributed by atoms with Crippen molar-refractivity contribution in [3.05, 3.63) is 119 Å². The van der Waals surface area contributed by atoms with E-state index in [2.05, 4.69) is 31.2 Å². The van der Waals surface area contributed by atoms with E-state index < -0.39 is 5.97 Å². The molecule has 6 heteroatoms. The van der Waals surface area contributed by atoms with E-state index in [1.54, 1.807) is 24.3 Å². The van der Waals surface area contributed by atoms with Crippen molar-refractivity contribution in [2.24, 2.45) is 0 Å². The summed E-state index contributed by atoms with van der Waals surface area (Å²) in [5.74, 6) is 0.402. The van der Waals surface area contributed by atoms with Gasteiger partial charge >= 0.3 is 5.97 Å². The van der Waals surface area contributed by atoms with Gasteiger partial charge in [-0.1, -0.05) is 106 Å². The van der Waals surface area contributed by atoms with Crippen LogP contribution in [-0.2, 0) is 11.2 Å². The van der Waals surface area contributed by atoms with E-state index >= 15 is 0 Å². The molecule has 45 heavy (non-hydrogen) atoms. The summed E-state index contributed by atoms with van der Waals surface area (Å²) in [6.07, 6.45) is 11.8. The number of benzene rings is 4. The molecule has 0 aliphatic carbocycles. The van der Waals surface area contributed by atoms with Gasteiger partial charge in [0.25, 0.3) is 0 Å². The largest absolute Gasteiger partial charge is 0.494 e. The van der Waals surface area contributed by atoms with Crippen LogP contribution in [0, 0.1) is 0 Å². The van der Waals surface area contributed by atoms with Gasteiger partial charge in [-0.05, 0) is 77.9 Å². The first-order valence-corrected chi connectivity index (χ1v) is 15.9. The van der Waals surface area contributed by atoms with Crippen molar-refractivity contribution in [2.45, 2.75) is 58.3 Å². The first-order valence-electron chi connectivity index (χ1n) is 15.9. The van der Waals surface area contributed by atoms with Gasteiger partial charge in [-0.3, -0.25) is 4.79 Å². The summed E-state index contributed by atoms with van der Waals surface area (Å²) in [5.41, 5.74) is 18.0. The van der Waals surface area contributed by atoms with Gasteiger partial charge in [0.1, 0.15) is 5.75 Å². The number of esters is 1. The molecular weight excluding hydrogens is 560 g/mol. The van der Waals surface area contributed by atoms with Crippen LogP contribution in [0.3, 0.4) is 0 Å². The summed E-state index contributed by atoms with van der Waals surface area (Å²) in [5, 5.41) is 0. The summed E-state index contributed by atoms with van der Waals surface area (Å²) in [4.78, 5) is 24.8. The Labute approximate surface area is 267 Å². The Balaban J connectivity index is 1.08. The number of nitrogen functional groups attached to an aromatic ring is 2. The van der Waals surface area contributed by atoms with Crippen molar-refractivity contribution in [2.75, 3.05) is 24.7 Å². The lowest BCUT2D eigenvalue weighted by molar-refractivity contribution is 0.0497. The highest BCUT2D eigenvalue weighted by molar-refractivity contribution is 6.07. The van der Waals surface area contributed by atoms with Crippen LogP contribution in [0.15, 0.2) is 97.1 Å². The number of carbonyl (C=O) groups excluding carboxylic acids is 2. The third kappa shape index (κ3) is 11.0. The Morgan fingerprint density at radius 1 is 0.667 bits per heavy atom. The van der Waals surface area contributed by atoms with Gasteiger partial charge < -0.3 is 20.9 Å². The smallest absolute Gasteiger partial charge is 0.338 e. The molecular formula is C39H44N2O4. The number of hydrogen-bond acceptors (Lipinski definition) is 6. The highest BCUT2D eigenvalue weighted by Crippen LogP contribution is 2.22. The molecule has 0 bridgehead atoms. The lowest BCUT2D eigenvalue weighted by atomic mass is 10.00. The van der Waals surface area contributed by atoms with E-state index in [-0.39, 0.29) is 5.78 Å². The molecule has 0 heterocycles. The first kappa shape index (κ1) is 33.1. The van der Waals surface area contributed by atoms with E-state index in [0.717, 1.165) is 73.8 Å². The van der Waals surface area contributed by atoms with Crippen LogP contribution >= 0.6 is 0 Å². The topological polar surface area (TPSA) is 105 Å². The quantitative estimate of drug-likeness (QED) is 0.0410. The molecule has 0 aliphatic rings. The Morgan fingerprint density at radius 3 is 1.87 bits per heavy atom. The van der Waals surface area contributed by atoms with E-state index in [0.29, 0.717) is 35.7 Å². The number of ether oxygens (including phenoxy) is 2. The van der Waals surface area contributed by atoms with E-state index in [4.69, 9.17) is 20.9 Å². The number of aryl methyl sites for hydroxylation is 1. The number of allylic oxidation sites excluding steroid dienone is 1. The molecule has 4 aromatic rings. The SMILES string of the molecule is CCCc1ccc(-c2ccc(C(=O)/C=C/c3ccc(OCCCCCCCCOC(=O)c4cc(N)cc(N)c4)cc3)cc2)cc1. The lowest BCUT2D eigenvalue weighted by Gasteiger charge is -2.07. The number of anilines is 2. The van der Waals surface area contributed by atoms with Gasteiger partial charge in [0.2, 0.25) is 0 Å². The van der Waals surface area contributed by atoms with Crippen LogP contribution in [0.25, 0.3) is 17.2 Å². The second kappa shape index (κ2) is 17.5. The zero-order valence-electron chi connectivity index (χ0n) is 26.2. The Morgan fingerprint density at radius 2 is 1.24 bits per heavy atom. The van der Waals surface area contributed by atoms with Crippen molar-refractivity contribution >= 4 is 29.2 Å². The van der Waals surface area contributed by atoms with Crippen molar-refractivity contribution < 1.29 is 19.1 Å². The lowest BCUT2D eigenvalue weighted by Crippen LogP contribution is -2.07. The van der Waals surface area contributed by atoms with Gasteiger partial charge in [0.15, 0.2) is 5.78 Å². The van der Waals surface area contributed by atoms with Crippen molar-refractivity contribution in [3.63, 3.8) is 0 Å². The molecule has 6 nitrogen and oxygen atoms in total. The Bertz CT molecular complexity index is 1520. The zero-order valence-corrected chi connectivity index (χ0v) is 26.2. The maximum absolute atomic E-state index is 12.7. The van der Waals surface area contributed by atoms with Crippen LogP contribution in [-0.4, -0.2) is 25.0 Å². The summed E-state index contributed by atoms with van der Waals surface area (Å²) in [6, 6.07) is 29.0. The number of nitrogens with two attached hydrogens (primary N) is 2. The number of rotatable bonds is 17. The fourth-order valence-corrected chi connectivity index (χ4v) is 5.07. The van der Waals surface area contributed by atoms with Crippen LogP contribution in [0.1, 0.15) is 83.7 Å².